The number of benzene rings is 1. The molecule has 0 bridgehead atoms. The molecule has 2 aromatic rings. The standard InChI is InChI=1S/C27H36ClN5O3/c1-17-7-12-36-23(13-17)29-15-21(19-3-5-20(28)6-4-19)27(35)33-10-8-32(9-11-33)26-24-18(2)14-22(34)25(24)30-16-31-26/h3-6,16-18,21-23,29,34H,7-15H2,1-2H3/t17?,18-,21?,22-,23?/m1/s1. The van der Waals surface area contributed by atoms with Crippen LogP contribution in [0.3, 0.4) is 0 Å². The molecule has 2 N–H and O–H groups in total. The fourth-order valence-corrected chi connectivity index (χ4v) is 5.84. The number of anilines is 1. The first-order chi connectivity index (χ1) is 17.4. The molecule has 3 aliphatic rings. The minimum absolute atomic E-state index is 0.0228. The summed E-state index contributed by atoms with van der Waals surface area (Å²) in [5.41, 5.74) is 2.76. The van der Waals surface area contributed by atoms with E-state index in [1.165, 1.54) is 0 Å². The Bertz CT molecular complexity index is 1060. The fraction of sp³-hybridized carbons (Fsp3) is 0.593. The molecule has 2 saturated heterocycles. The second-order valence-corrected chi connectivity index (χ2v) is 10.9. The number of aliphatic hydroxyl groups is 1. The fourth-order valence-electron chi connectivity index (χ4n) is 5.71. The smallest absolute Gasteiger partial charge is 0.231 e. The molecule has 3 unspecified atom stereocenters. The van der Waals surface area contributed by atoms with Crippen LogP contribution in [0.5, 0.6) is 0 Å². The van der Waals surface area contributed by atoms with Gasteiger partial charge in [0.2, 0.25) is 5.91 Å². The number of aliphatic hydroxyl groups excluding tert-OH is 1. The Morgan fingerprint density at radius 2 is 1.92 bits per heavy atom. The van der Waals surface area contributed by atoms with Crippen molar-refractivity contribution in [1.82, 2.24) is 20.2 Å². The Hall–Kier alpha value is -2.26. The third kappa shape index (κ3) is 5.37. The lowest BCUT2D eigenvalue weighted by atomic mass is 9.96. The first kappa shape index (κ1) is 25.4. The molecule has 2 aliphatic heterocycles. The Morgan fingerprint density at radius 3 is 2.64 bits per heavy atom. The van der Waals surface area contributed by atoms with Crippen LogP contribution in [0, 0.1) is 5.92 Å². The van der Waals surface area contributed by atoms with Gasteiger partial charge in [-0.1, -0.05) is 37.6 Å². The number of rotatable bonds is 6. The van der Waals surface area contributed by atoms with Crippen molar-refractivity contribution in [3.8, 4) is 0 Å². The summed E-state index contributed by atoms with van der Waals surface area (Å²) in [7, 11) is 0. The van der Waals surface area contributed by atoms with Crippen LogP contribution in [0.2, 0.25) is 5.02 Å². The van der Waals surface area contributed by atoms with Gasteiger partial charge in [-0.05, 0) is 48.8 Å². The summed E-state index contributed by atoms with van der Waals surface area (Å²) in [5, 5.41) is 14.5. The molecule has 0 saturated carbocycles. The topological polar surface area (TPSA) is 90.8 Å². The molecular weight excluding hydrogens is 478 g/mol. The van der Waals surface area contributed by atoms with E-state index in [0.717, 1.165) is 42.1 Å². The van der Waals surface area contributed by atoms with Crippen molar-refractivity contribution in [2.75, 3.05) is 44.2 Å². The quantitative estimate of drug-likeness (QED) is 0.611. The molecule has 1 aliphatic carbocycles. The number of halogens is 1. The van der Waals surface area contributed by atoms with Gasteiger partial charge in [0.15, 0.2) is 0 Å². The van der Waals surface area contributed by atoms with Crippen LogP contribution in [0.1, 0.15) is 67.9 Å². The van der Waals surface area contributed by atoms with Crippen molar-refractivity contribution in [2.24, 2.45) is 5.92 Å². The molecule has 5 rings (SSSR count). The van der Waals surface area contributed by atoms with E-state index in [0.29, 0.717) is 50.1 Å². The number of nitrogens with zero attached hydrogens (tertiary/aromatic N) is 4. The van der Waals surface area contributed by atoms with E-state index in [2.05, 4.69) is 34.0 Å². The predicted octanol–water partition coefficient (Wildman–Crippen LogP) is 3.47. The van der Waals surface area contributed by atoms with Crippen molar-refractivity contribution in [3.05, 3.63) is 52.4 Å². The third-order valence-electron chi connectivity index (χ3n) is 7.84. The molecule has 194 valence electrons. The summed E-state index contributed by atoms with van der Waals surface area (Å²) in [6.07, 6.45) is 3.71. The second-order valence-electron chi connectivity index (χ2n) is 10.5. The first-order valence-electron chi connectivity index (χ1n) is 13.1. The number of carbonyl (C=O) groups excluding carboxylic acids is 1. The van der Waals surface area contributed by atoms with Crippen LogP contribution in [-0.4, -0.2) is 71.4 Å². The van der Waals surface area contributed by atoms with Crippen molar-refractivity contribution in [3.63, 3.8) is 0 Å². The maximum atomic E-state index is 13.8. The molecule has 5 atom stereocenters. The van der Waals surface area contributed by atoms with Crippen LogP contribution < -0.4 is 10.2 Å². The zero-order valence-corrected chi connectivity index (χ0v) is 21.8. The number of hydrogen-bond acceptors (Lipinski definition) is 7. The Labute approximate surface area is 218 Å². The lowest BCUT2D eigenvalue weighted by Crippen LogP contribution is -2.52. The van der Waals surface area contributed by atoms with E-state index in [9.17, 15) is 9.90 Å². The second kappa shape index (κ2) is 11.0. The lowest BCUT2D eigenvalue weighted by Gasteiger charge is -2.38. The van der Waals surface area contributed by atoms with Gasteiger partial charge in [-0.2, -0.15) is 0 Å². The van der Waals surface area contributed by atoms with E-state index >= 15 is 0 Å². The van der Waals surface area contributed by atoms with E-state index in [1.807, 2.05) is 29.2 Å². The molecule has 1 aromatic carbocycles. The van der Waals surface area contributed by atoms with Crippen molar-refractivity contribution >= 4 is 23.3 Å². The van der Waals surface area contributed by atoms with Gasteiger partial charge in [0, 0.05) is 49.9 Å². The van der Waals surface area contributed by atoms with Gasteiger partial charge in [-0.3, -0.25) is 10.1 Å². The van der Waals surface area contributed by atoms with E-state index in [1.54, 1.807) is 6.33 Å². The van der Waals surface area contributed by atoms with Gasteiger partial charge in [0.05, 0.1) is 17.7 Å². The number of aromatic nitrogens is 2. The number of ether oxygens (including phenoxy) is 1. The molecule has 2 fully saturated rings. The minimum atomic E-state index is -0.525. The highest BCUT2D eigenvalue weighted by Gasteiger charge is 2.35. The van der Waals surface area contributed by atoms with Gasteiger partial charge in [-0.25, -0.2) is 9.97 Å². The van der Waals surface area contributed by atoms with E-state index < -0.39 is 6.10 Å². The van der Waals surface area contributed by atoms with Crippen molar-refractivity contribution < 1.29 is 14.6 Å². The lowest BCUT2D eigenvalue weighted by molar-refractivity contribution is -0.133. The predicted molar refractivity (Wildman–Crippen MR) is 139 cm³/mol. The van der Waals surface area contributed by atoms with Crippen LogP contribution in [0.25, 0.3) is 0 Å². The zero-order valence-electron chi connectivity index (χ0n) is 21.1. The molecule has 0 spiro atoms. The number of fused-ring (bicyclic) bond motifs is 1. The minimum Gasteiger partial charge on any atom is -0.387 e. The molecule has 0 radical (unpaired) electrons. The van der Waals surface area contributed by atoms with Crippen LogP contribution in [-0.2, 0) is 9.53 Å². The summed E-state index contributed by atoms with van der Waals surface area (Å²) in [6.45, 7) is 8.26. The van der Waals surface area contributed by atoms with Crippen LogP contribution >= 0.6 is 11.6 Å². The van der Waals surface area contributed by atoms with E-state index in [4.69, 9.17) is 16.3 Å². The largest absolute Gasteiger partial charge is 0.387 e. The van der Waals surface area contributed by atoms with Gasteiger partial charge in [0.1, 0.15) is 18.4 Å². The average molecular weight is 514 g/mol. The maximum absolute atomic E-state index is 13.8. The Kier molecular flexibility index (Phi) is 7.76. The molecule has 36 heavy (non-hydrogen) atoms. The average Bonchev–Trinajstić information content (AvgIpc) is 3.18. The Morgan fingerprint density at radius 1 is 1.17 bits per heavy atom. The number of hydrogen-bond donors (Lipinski definition) is 2. The van der Waals surface area contributed by atoms with Gasteiger partial charge in [0.25, 0.3) is 0 Å². The number of carbonyl (C=O) groups is 1. The summed E-state index contributed by atoms with van der Waals surface area (Å²) >= 11 is 6.13. The van der Waals surface area contributed by atoms with Gasteiger partial charge >= 0.3 is 0 Å². The zero-order chi connectivity index (χ0) is 25.2. The molecular formula is C27H36ClN5O3. The van der Waals surface area contributed by atoms with Gasteiger partial charge < -0.3 is 19.6 Å². The monoisotopic (exact) mass is 513 g/mol. The van der Waals surface area contributed by atoms with E-state index in [-0.39, 0.29) is 24.0 Å². The highest BCUT2D eigenvalue weighted by Crippen LogP contribution is 2.42. The molecule has 9 heteroatoms. The number of amides is 1. The SMILES string of the molecule is CC1CCOC(NCC(C(=O)N2CCN(c3ncnc4c3[C@H](C)C[C@H]4O)CC2)c2ccc(Cl)cc2)C1. The summed E-state index contributed by atoms with van der Waals surface area (Å²) in [6, 6.07) is 7.59. The van der Waals surface area contributed by atoms with Crippen molar-refractivity contribution in [1.29, 1.82) is 0 Å². The third-order valence-corrected chi connectivity index (χ3v) is 8.09. The maximum Gasteiger partial charge on any atom is 0.231 e. The first-order valence-corrected chi connectivity index (χ1v) is 13.5. The van der Waals surface area contributed by atoms with Crippen LogP contribution in [0.15, 0.2) is 30.6 Å². The normalized spacial score (nSPS) is 27.1. The van der Waals surface area contributed by atoms with Crippen LogP contribution in [0.4, 0.5) is 5.82 Å². The molecule has 8 nitrogen and oxygen atoms in total. The molecule has 1 aromatic heterocycles. The molecule has 3 heterocycles. The van der Waals surface area contributed by atoms with Crippen molar-refractivity contribution in [2.45, 2.75) is 57.3 Å². The number of nitrogens with one attached hydrogen (secondary N) is 1. The Balaban J connectivity index is 1.27. The summed E-state index contributed by atoms with van der Waals surface area (Å²) < 4.78 is 5.90. The summed E-state index contributed by atoms with van der Waals surface area (Å²) in [4.78, 5) is 26.9. The number of piperazine rings is 1. The summed E-state index contributed by atoms with van der Waals surface area (Å²) in [5.74, 6) is 1.53. The van der Waals surface area contributed by atoms with Gasteiger partial charge in [-0.15, -0.1) is 0 Å². The highest BCUT2D eigenvalue weighted by molar-refractivity contribution is 6.30. The molecule has 1 amide bonds. The highest BCUT2D eigenvalue weighted by atomic mass is 35.5.